The minimum atomic E-state index is 0.174. The van der Waals surface area contributed by atoms with Gasteiger partial charge in [-0.2, -0.15) is 0 Å². The van der Waals surface area contributed by atoms with Crippen molar-refractivity contribution in [1.29, 1.82) is 0 Å². The standard InChI is InChI=1S/C12H19N3O2/c1-3-16-11-6-12(15-8-14-11)17-10-7-13-5-4-9(10)2/h6,8-10,13H,3-5,7H2,1-2H3. The van der Waals surface area contributed by atoms with Crippen LogP contribution in [0.25, 0.3) is 0 Å². The molecular weight excluding hydrogens is 218 g/mol. The van der Waals surface area contributed by atoms with E-state index in [0.29, 0.717) is 24.3 Å². The lowest BCUT2D eigenvalue weighted by molar-refractivity contribution is 0.109. The van der Waals surface area contributed by atoms with Gasteiger partial charge >= 0.3 is 0 Å². The lowest BCUT2D eigenvalue weighted by Crippen LogP contribution is -2.42. The van der Waals surface area contributed by atoms with E-state index in [9.17, 15) is 0 Å². The fourth-order valence-electron chi connectivity index (χ4n) is 1.89. The summed E-state index contributed by atoms with van der Waals surface area (Å²) in [6.07, 6.45) is 2.78. The Labute approximate surface area is 102 Å². The third kappa shape index (κ3) is 3.30. The third-order valence-corrected chi connectivity index (χ3v) is 2.94. The summed E-state index contributed by atoms with van der Waals surface area (Å²) in [6.45, 7) is 6.66. The predicted octanol–water partition coefficient (Wildman–Crippen LogP) is 1.25. The van der Waals surface area contributed by atoms with Crippen LogP contribution in [0, 0.1) is 5.92 Å². The number of aromatic nitrogens is 2. The highest BCUT2D eigenvalue weighted by Gasteiger charge is 2.23. The monoisotopic (exact) mass is 237 g/mol. The van der Waals surface area contributed by atoms with E-state index in [1.165, 1.54) is 6.33 Å². The van der Waals surface area contributed by atoms with Gasteiger partial charge in [0.05, 0.1) is 12.7 Å². The van der Waals surface area contributed by atoms with Gasteiger partial charge in [0, 0.05) is 6.54 Å². The van der Waals surface area contributed by atoms with Crippen molar-refractivity contribution >= 4 is 0 Å². The normalized spacial score (nSPS) is 24.4. The molecule has 1 aliphatic heterocycles. The van der Waals surface area contributed by atoms with E-state index in [2.05, 4.69) is 22.2 Å². The second-order valence-corrected chi connectivity index (χ2v) is 4.25. The topological polar surface area (TPSA) is 56.3 Å². The molecule has 1 fully saturated rings. The van der Waals surface area contributed by atoms with Gasteiger partial charge in [-0.1, -0.05) is 6.92 Å². The summed E-state index contributed by atoms with van der Waals surface area (Å²) in [4.78, 5) is 8.12. The van der Waals surface area contributed by atoms with Crippen LogP contribution in [-0.4, -0.2) is 35.8 Å². The Morgan fingerprint density at radius 2 is 2.24 bits per heavy atom. The van der Waals surface area contributed by atoms with E-state index in [0.717, 1.165) is 19.5 Å². The van der Waals surface area contributed by atoms with Gasteiger partial charge in [0.25, 0.3) is 0 Å². The average Bonchev–Trinajstić information content (AvgIpc) is 2.33. The van der Waals surface area contributed by atoms with Gasteiger partial charge in [-0.25, -0.2) is 9.97 Å². The lowest BCUT2D eigenvalue weighted by atomic mass is 9.97. The van der Waals surface area contributed by atoms with Crippen molar-refractivity contribution in [1.82, 2.24) is 15.3 Å². The number of hydrogen-bond donors (Lipinski definition) is 1. The second kappa shape index (κ2) is 5.82. The Balaban J connectivity index is 1.99. The van der Waals surface area contributed by atoms with Crippen LogP contribution < -0.4 is 14.8 Å². The molecule has 0 aromatic carbocycles. The average molecular weight is 237 g/mol. The van der Waals surface area contributed by atoms with E-state index in [4.69, 9.17) is 9.47 Å². The second-order valence-electron chi connectivity index (χ2n) is 4.25. The first-order valence-corrected chi connectivity index (χ1v) is 6.11. The van der Waals surface area contributed by atoms with Crippen molar-refractivity contribution in [2.75, 3.05) is 19.7 Å². The summed E-state index contributed by atoms with van der Waals surface area (Å²) >= 11 is 0. The SMILES string of the molecule is CCOc1cc(OC2CNCCC2C)ncn1. The highest BCUT2D eigenvalue weighted by molar-refractivity contribution is 5.18. The largest absolute Gasteiger partial charge is 0.478 e. The zero-order valence-corrected chi connectivity index (χ0v) is 10.3. The molecule has 5 nitrogen and oxygen atoms in total. The smallest absolute Gasteiger partial charge is 0.220 e. The van der Waals surface area contributed by atoms with Crippen LogP contribution in [0.5, 0.6) is 11.8 Å². The summed E-state index contributed by atoms with van der Waals surface area (Å²) in [6, 6.07) is 1.74. The molecule has 2 heterocycles. The fourth-order valence-corrected chi connectivity index (χ4v) is 1.89. The third-order valence-electron chi connectivity index (χ3n) is 2.94. The van der Waals surface area contributed by atoms with Crippen molar-refractivity contribution in [2.45, 2.75) is 26.4 Å². The van der Waals surface area contributed by atoms with Crippen LogP contribution in [0.15, 0.2) is 12.4 Å². The van der Waals surface area contributed by atoms with Crippen LogP contribution in [0.2, 0.25) is 0 Å². The molecule has 2 atom stereocenters. The Morgan fingerprint density at radius 1 is 1.41 bits per heavy atom. The molecule has 17 heavy (non-hydrogen) atoms. The molecular formula is C12H19N3O2. The first-order chi connectivity index (χ1) is 8.29. The van der Waals surface area contributed by atoms with Gasteiger partial charge in [-0.15, -0.1) is 0 Å². The van der Waals surface area contributed by atoms with Gasteiger partial charge in [0.15, 0.2) is 0 Å². The highest BCUT2D eigenvalue weighted by atomic mass is 16.5. The van der Waals surface area contributed by atoms with Crippen molar-refractivity contribution < 1.29 is 9.47 Å². The Kier molecular flexibility index (Phi) is 4.14. The molecule has 2 unspecified atom stereocenters. The van der Waals surface area contributed by atoms with Crippen molar-refractivity contribution in [2.24, 2.45) is 5.92 Å². The van der Waals surface area contributed by atoms with Crippen molar-refractivity contribution in [3.05, 3.63) is 12.4 Å². The maximum absolute atomic E-state index is 5.86. The summed E-state index contributed by atoms with van der Waals surface area (Å²) in [5.74, 6) is 1.69. The molecule has 1 aromatic rings. The van der Waals surface area contributed by atoms with Gasteiger partial charge in [-0.3, -0.25) is 0 Å². The highest BCUT2D eigenvalue weighted by Crippen LogP contribution is 2.20. The Morgan fingerprint density at radius 3 is 3.00 bits per heavy atom. The summed E-state index contributed by atoms with van der Waals surface area (Å²) in [5, 5.41) is 3.33. The quantitative estimate of drug-likeness (QED) is 0.854. The van der Waals surface area contributed by atoms with E-state index < -0.39 is 0 Å². The predicted molar refractivity (Wildman–Crippen MR) is 64.3 cm³/mol. The van der Waals surface area contributed by atoms with Crippen molar-refractivity contribution in [3.8, 4) is 11.8 Å². The molecule has 1 N–H and O–H groups in total. The zero-order valence-electron chi connectivity index (χ0n) is 10.3. The van der Waals surface area contributed by atoms with Crippen LogP contribution in [0.4, 0.5) is 0 Å². The summed E-state index contributed by atoms with van der Waals surface area (Å²) < 4.78 is 11.2. The molecule has 0 aliphatic carbocycles. The molecule has 94 valence electrons. The molecule has 1 aromatic heterocycles. The van der Waals surface area contributed by atoms with Crippen LogP contribution >= 0.6 is 0 Å². The fraction of sp³-hybridized carbons (Fsp3) is 0.667. The van der Waals surface area contributed by atoms with Crippen LogP contribution in [-0.2, 0) is 0 Å². The molecule has 5 heteroatoms. The van der Waals surface area contributed by atoms with E-state index in [1.807, 2.05) is 6.92 Å². The number of nitrogens with zero attached hydrogens (tertiary/aromatic N) is 2. The van der Waals surface area contributed by atoms with Gasteiger partial charge in [0.1, 0.15) is 12.4 Å². The molecule has 2 rings (SSSR count). The Hall–Kier alpha value is -1.36. The number of nitrogens with one attached hydrogen (secondary N) is 1. The first kappa shape index (κ1) is 12.1. The number of ether oxygens (including phenoxy) is 2. The van der Waals surface area contributed by atoms with E-state index in [-0.39, 0.29) is 6.10 Å². The number of piperidine rings is 1. The maximum atomic E-state index is 5.86. The maximum Gasteiger partial charge on any atom is 0.220 e. The van der Waals surface area contributed by atoms with Crippen molar-refractivity contribution in [3.63, 3.8) is 0 Å². The van der Waals surface area contributed by atoms with Crippen LogP contribution in [0.1, 0.15) is 20.3 Å². The summed E-state index contributed by atoms with van der Waals surface area (Å²) in [5.41, 5.74) is 0. The minimum absolute atomic E-state index is 0.174. The molecule has 0 amide bonds. The first-order valence-electron chi connectivity index (χ1n) is 6.11. The molecule has 0 spiro atoms. The minimum Gasteiger partial charge on any atom is -0.478 e. The molecule has 0 bridgehead atoms. The lowest BCUT2D eigenvalue weighted by Gasteiger charge is -2.29. The molecule has 1 aliphatic rings. The van der Waals surface area contributed by atoms with E-state index >= 15 is 0 Å². The van der Waals surface area contributed by atoms with Crippen LogP contribution in [0.3, 0.4) is 0 Å². The number of hydrogen-bond acceptors (Lipinski definition) is 5. The molecule has 1 saturated heterocycles. The zero-order chi connectivity index (χ0) is 12.1. The van der Waals surface area contributed by atoms with Gasteiger partial charge < -0.3 is 14.8 Å². The summed E-state index contributed by atoms with van der Waals surface area (Å²) in [7, 11) is 0. The number of rotatable bonds is 4. The van der Waals surface area contributed by atoms with Gasteiger partial charge in [-0.05, 0) is 25.8 Å². The van der Waals surface area contributed by atoms with Gasteiger partial charge in [0.2, 0.25) is 11.8 Å². The van der Waals surface area contributed by atoms with E-state index in [1.54, 1.807) is 6.07 Å². The molecule has 0 radical (unpaired) electrons. The molecule has 0 saturated carbocycles. The Bertz CT molecular complexity index is 359.